The number of H-pyrrole nitrogens is 1. The van der Waals surface area contributed by atoms with E-state index in [4.69, 9.17) is 5.73 Å². The van der Waals surface area contributed by atoms with Gasteiger partial charge < -0.3 is 5.73 Å². The lowest BCUT2D eigenvalue weighted by Crippen LogP contribution is -1.86. The SMILES string of the molecule is Nc1n[nH]c(-c2ccns2)c1F. The predicted molar refractivity (Wildman–Crippen MR) is 44.1 cm³/mol. The Hall–Kier alpha value is -1.43. The first-order valence-corrected chi connectivity index (χ1v) is 3.97. The van der Waals surface area contributed by atoms with Gasteiger partial charge in [-0.2, -0.15) is 5.10 Å². The maximum absolute atomic E-state index is 13.1. The van der Waals surface area contributed by atoms with Gasteiger partial charge in [0.05, 0.1) is 4.88 Å². The van der Waals surface area contributed by atoms with Crippen LogP contribution in [0.5, 0.6) is 0 Å². The molecule has 4 nitrogen and oxygen atoms in total. The van der Waals surface area contributed by atoms with E-state index in [0.29, 0.717) is 10.6 Å². The summed E-state index contributed by atoms with van der Waals surface area (Å²) in [5.74, 6) is -0.627. The van der Waals surface area contributed by atoms with Crippen LogP contribution in [0.2, 0.25) is 0 Å². The second kappa shape index (κ2) is 2.56. The average Bonchev–Trinajstić information content (AvgIpc) is 2.64. The molecule has 2 aromatic heterocycles. The van der Waals surface area contributed by atoms with Gasteiger partial charge in [0.1, 0.15) is 5.69 Å². The Morgan fingerprint density at radius 2 is 2.42 bits per heavy atom. The number of aromatic nitrogens is 3. The molecule has 62 valence electrons. The third-order valence-corrected chi connectivity index (χ3v) is 2.18. The zero-order valence-corrected chi connectivity index (χ0v) is 6.73. The first kappa shape index (κ1) is 7.23. The topological polar surface area (TPSA) is 67.6 Å². The highest BCUT2D eigenvalue weighted by Gasteiger charge is 2.12. The molecule has 0 spiro atoms. The number of hydrogen-bond acceptors (Lipinski definition) is 4. The van der Waals surface area contributed by atoms with Crippen molar-refractivity contribution in [1.29, 1.82) is 0 Å². The molecule has 2 aromatic rings. The normalized spacial score (nSPS) is 10.4. The van der Waals surface area contributed by atoms with E-state index in [0.717, 1.165) is 0 Å². The first-order chi connectivity index (χ1) is 5.79. The molecular weight excluding hydrogens is 179 g/mol. The molecule has 0 aliphatic rings. The maximum atomic E-state index is 13.1. The Balaban J connectivity index is 2.55. The summed E-state index contributed by atoms with van der Waals surface area (Å²) < 4.78 is 16.9. The largest absolute Gasteiger partial charge is 0.380 e. The zero-order chi connectivity index (χ0) is 8.55. The molecule has 0 amide bonds. The summed E-state index contributed by atoms with van der Waals surface area (Å²) in [6.07, 6.45) is 1.59. The van der Waals surface area contributed by atoms with Gasteiger partial charge in [-0.3, -0.25) is 5.10 Å². The summed E-state index contributed by atoms with van der Waals surface area (Å²) in [7, 11) is 0. The van der Waals surface area contributed by atoms with Crippen LogP contribution in [0.3, 0.4) is 0 Å². The van der Waals surface area contributed by atoms with Crippen molar-refractivity contribution in [1.82, 2.24) is 14.6 Å². The molecule has 0 aromatic carbocycles. The fraction of sp³-hybridized carbons (Fsp3) is 0. The standard InChI is InChI=1S/C6H5FN4S/c7-4-5(10-11-6(4)8)3-1-2-9-12-3/h1-2H,(H3,8,10,11). The monoisotopic (exact) mass is 184 g/mol. The number of anilines is 1. The van der Waals surface area contributed by atoms with E-state index in [-0.39, 0.29) is 5.82 Å². The Bertz CT molecular complexity index is 380. The van der Waals surface area contributed by atoms with Gasteiger partial charge in [0.15, 0.2) is 11.6 Å². The van der Waals surface area contributed by atoms with Crippen LogP contribution in [-0.4, -0.2) is 14.6 Å². The highest BCUT2D eigenvalue weighted by Crippen LogP contribution is 2.25. The molecule has 0 aliphatic heterocycles. The second-order valence-electron chi connectivity index (χ2n) is 2.17. The number of hydrogen-bond donors (Lipinski definition) is 2. The van der Waals surface area contributed by atoms with E-state index in [1.165, 1.54) is 11.5 Å². The minimum Gasteiger partial charge on any atom is -0.380 e. The van der Waals surface area contributed by atoms with Gasteiger partial charge in [-0.25, -0.2) is 8.76 Å². The van der Waals surface area contributed by atoms with E-state index < -0.39 is 5.82 Å². The minimum absolute atomic E-state index is 0.113. The Morgan fingerprint density at radius 1 is 1.58 bits per heavy atom. The molecular formula is C6H5FN4S. The van der Waals surface area contributed by atoms with Gasteiger partial charge in [0, 0.05) is 6.20 Å². The quantitative estimate of drug-likeness (QED) is 0.701. The van der Waals surface area contributed by atoms with Crippen LogP contribution in [0.25, 0.3) is 10.6 Å². The van der Waals surface area contributed by atoms with Gasteiger partial charge in [0.25, 0.3) is 0 Å². The van der Waals surface area contributed by atoms with Crippen LogP contribution in [0, 0.1) is 5.82 Å². The van der Waals surface area contributed by atoms with Gasteiger partial charge in [0.2, 0.25) is 0 Å². The van der Waals surface area contributed by atoms with Crippen LogP contribution in [-0.2, 0) is 0 Å². The predicted octanol–water partition coefficient (Wildman–Crippen LogP) is 1.25. The van der Waals surface area contributed by atoms with E-state index >= 15 is 0 Å². The number of rotatable bonds is 1. The van der Waals surface area contributed by atoms with Crippen molar-refractivity contribution in [3.05, 3.63) is 18.1 Å². The van der Waals surface area contributed by atoms with Crippen molar-refractivity contribution in [2.75, 3.05) is 5.73 Å². The van der Waals surface area contributed by atoms with Gasteiger partial charge in [-0.15, -0.1) is 0 Å². The third-order valence-electron chi connectivity index (χ3n) is 1.42. The molecule has 0 fully saturated rings. The van der Waals surface area contributed by atoms with E-state index in [1.54, 1.807) is 12.3 Å². The summed E-state index contributed by atoms with van der Waals surface area (Å²) in [6, 6.07) is 1.70. The fourth-order valence-electron chi connectivity index (χ4n) is 0.850. The molecule has 0 radical (unpaired) electrons. The Morgan fingerprint density at radius 3 is 2.92 bits per heavy atom. The number of aromatic amines is 1. The fourth-order valence-corrected chi connectivity index (χ4v) is 1.43. The first-order valence-electron chi connectivity index (χ1n) is 3.19. The Labute approximate surface area is 71.4 Å². The van der Waals surface area contributed by atoms with Crippen LogP contribution < -0.4 is 5.73 Å². The molecule has 0 bridgehead atoms. The number of nitrogens with two attached hydrogens (primary N) is 1. The molecule has 3 N–H and O–H groups in total. The van der Waals surface area contributed by atoms with Crippen molar-refractivity contribution in [3.8, 4) is 10.6 Å². The highest BCUT2D eigenvalue weighted by molar-refractivity contribution is 7.09. The number of nitrogens with zero attached hydrogens (tertiary/aromatic N) is 2. The molecule has 0 saturated heterocycles. The van der Waals surface area contributed by atoms with Crippen LogP contribution in [0.1, 0.15) is 0 Å². The number of nitrogen functional groups attached to an aromatic ring is 1. The lowest BCUT2D eigenvalue weighted by molar-refractivity contribution is 0.637. The number of halogens is 1. The summed E-state index contributed by atoms with van der Waals surface area (Å²) in [6.45, 7) is 0. The smallest absolute Gasteiger partial charge is 0.193 e. The molecule has 6 heteroatoms. The molecule has 2 rings (SSSR count). The lowest BCUT2D eigenvalue weighted by atomic mass is 10.3. The minimum atomic E-state index is -0.515. The van der Waals surface area contributed by atoms with E-state index in [1.807, 2.05) is 0 Å². The third kappa shape index (κ3) is 0.964. The van der Waals surface area contributed by atoms with Gasteiger partial charge in [-0.05, 0) is 17.6 Å². The Kier molecular flexibility index (Phi) is 1.54. The molecule has 12 heavy (non-hydrogen) atoms. The summed E-state index contributed by atoms with van der Waals surface area (Å²) in [5, 5.41) is 6.03. The summed E-state index contributed by atoms with van der Waals surface area (Å²) in [5.41, 5.74) is 5.51. The van der Waals surface area contributed by atoms with Crippen LogP contribution in [0.15, 0.2) is 12.3 Å². The molecule has 0 unspecified atom stereocenters. The van der Waals surface area contributed by atoms with Crippen molar-refractivity contribution in [2.45, 2.75) is 0 Å². The molecule has 2 heterocycles. The van der Waals surface area contributed by atoms with Crippen LogP contribution in [0.4, 0.5) is 10.2 Å². The van der Waals surface area contributed by atoms with Gasteiger partial charge >= 0.3 is 0 Å². The zero-order valence-electron chi connectivity index (χ0n) is 5.91. The summed E-state index contributed by atoms with van der Waals surface area (Å²) >= 11 is 1.19. The highest BCUT2D eigenvalue weighted by atomic mass is 32.1. The molecule has 0 saturated carbocycles. The lowest BCUT2D eigenvalue weighted by Gasteiger charge is -1.87. The van der Waals surface area contributed by atoms with E-state index in [2.05, 4.69) is 14.6 Å². The van der Waals surface area contributed by atoms with Gasteiger partial charge in [-0.1, -0.05) is 0 Å². The maximum Gasteiger partial charge on any atom is 0.193 e. The van der Waals surface area contributed by atoms with Crippen LogP contribution >= 0.6 is 11.5 Å². The van der Waals surface area contributed by atoms with Crippen molar-refractivity contribution in [2.24, 2.45) is 0 Å². The molecule has 0 atom stereocenters. The van der Waals surface area contributed by atoms with Crippen molar-refractivity contribution < 1.29 is 4.39 Å². The number of nitrogens with one attached hydrogen (secondary N) is 1. The summed E-state index contributed by atoms with van der Waals surface area (Å²) in [4.78, 5) is 0.691. The second-order valence-corrected chi connectivity index (χ2v) is 3.01. The average molecular weight is 184 g/mol. The van der Waals surface area contributed by atoms with E-state index in [9.17, 15) is 4.39 Å². The van der Waals surface area contributed by atoms with Crippen molar-refractivity contribution in [3.63, 3.8) is 0 Å². The molecule has 0 aliphatic carbocycles. The van der Waals surface area contributed by atoms with Crippen molar-refractivity contribution >= 4 is 17.4 Å².